The topological polar surface area (TPSA) is 90.6 Å². The molecule has 0 saturated carbocycles. The highest BCUT2D eigenvalue weighted by Crippen LogP contribution is 2.25. The van der Waals surface area contributed by atoms with Gasteiger partial charge in [0.15, 0.2) is 0 Å². The van der Waals surface area contributed by atoms with Crippen molar-refractivity contribution in [2.24, 2.45) is 5.73 Å². The Bertz CT molecular complexity index is 446. The van der Waals surface area contributed by atoms with Crippen molar-refractivity contribution in [3.63, 3.8) is 0 Å². The second-order valence-electron chi connectivity index (χ2n) is 3.39. The first-order chi connectivity index (χ1) is 8.62. The molecular weight excluding hydrogens is 236 g/mol. The fourth-order valence-electron chi connectivity index (χ4n) is 1.35. The van der Waals surface area contributed by atoms with E-state index in [1.54, 1.807) is 19.1 Å². The monoisotopic (exact) mass is 252 g/mol. The van der Waals surface area contributed by atoms with E-state index in [0.29, 0.717) is 17.0 Å². The number of nitrogens with one attached hydrogen (secondary N) is 1. The molecule has 98 valence electrons. The standard InChI is InChI=1S/C12H16N2O4/c1-3-18-12(16)8-4-5-10(17-2)9(6-8)14-11(15)7-13/h4-6H,3,7,13H2,1-2H3,(H,14,15). The molecule has 6 heteroatoms. The first-order valence-electron chi connectivity index (χ1n) is 5.47. The summed E-state index contributed by atoms with van der Waals surface area (Å²) >= 11 is 0. The minimum absolute atomic E-state index is 0.146. The van der Waals surface area contributed by atoms with E-state index in [2.05, 4.69) is 5.32 Å². The molecule has 0 spiro atoms. The third-order valence-corrected chi connectivity index (χ3v) is 2.17. The Labute approximate surface area is 105 Å². The second-order valence-corrected chi connectivity index (χ2v) is 3.39. The average molecular weight is 252 g/mol. The first kappa shape index (κ1) is 14.0. The number of carbonyl (C=O) groups is 2. The molecule has 0 bridgehead atoms. The van der Waals surface area contributed by atoms with Crippen molar-refractivity contribution in [2.45, 2.75) is 6.92 Å². The van der Waals surface area contributed by atoms with Crippen LogP contribution in [0, 0.1) is 0 Å². The Morgan fingerprint density at radius 3 is 2.67 bits per heavy atom. The van der Waals surface area contributed by atoms with E-state index < -0.39 is 5.97 Å². The Morgan fingerprint density at radius 1 is 1.39 bits per heavy atom. The van der Waals surface area contributed by atoms with Crippen LogP contribution in [0.2, 0.25) is 0 Å². The Morgan fingerprint density at radius 2 is 2.11 bits per heavy atom. The zero-order valence-electron chi connectivity index (χ0n) is 10.4. The van der Waals surface area contributed by atoms with Crippen molar-refractivity contribution in [1.29, 1.82) is 0 Å². The highest BCUT2D eigenvalue weighted by molar-refractivity contribution is 5.96. The summed E-state index contributed by atoms with van der Waals surface area (Å²) in [6.07, 6.45) is 0. The van der Waals surface area contributed by atoms with E-state index in [1.807, 2.05) is 0 Å². The lowest BCUT2D eigenvalue weighted by molar-refractivity contribution is -0.114. The molecule has 18 heavy (non-hydrogen) atoms. The number of nitrogens with two attached hydrogens (primary N) is 1. The number of rotatable bonds is 5. The molecule has 0 aromatic heterocycles. The van der Waals surface area contributed by atoms with Crippen LogP contribution in [-0.2, 0) is 9.53 Å². The van der Waals surface area contributed by atoms with Crippen molar-refractivity contribution >= 4 is 17.6 Å². The van der Waals surface area contributed by atoms with Gasteiger partial charge >= 0.3 is 5.97 Å². The maximum atomic E-state index is 11.6. The van der Waals surface area contributed by atoms with Crippen LogP contribution in [-0.4, -0.2) is 32.1 Å². The van der Waals surface area contributed by atoms with Crippen molar-refractivity contribution in [2.75, 3.05) is 25.6 Å². The van der Waals surface area contributed by atoms with Crippen LogP contribution in [0.15, 0.2) is 18.2 Å². The molecule has 0 heterocycles. The number of hydrogen-bond donors (Lipinski definition) is 2. The maximum Gasteiger partial charge on any atom is 0.338 e. The average Bonchev–Trinajstić information content (AvgIpc) is 2.38. The molecule has 0 aliphatic heterocycles. The summed E-state index contributed by atoms with van der Waals surface area (Å²) < 4.78 is 9.95. The molecule has 1 rings (SSSR count). The summed E-state index contributed by atoms with van der Waals surface area (Å²) in [6.45, 7) is 1.86. The van der Waals surface area contributed by atoms with Crippen molar-refractivity contribution in [3.8, 4) is 5.75 Å². The van der Waals surface area contributed by atoms with Gasteiger partial charge in [-0.2, -0.15) is 0 Å². The Balaban J connectivity index is 3.01. The van der Waals surface area contributed by atoms with Gasteiger partial charge in [0.2, 0.25) is 5.91 Å². The van der Waals surface area contributed by atoms with Crippen LogP contribution >= 0.6 is 0 Å². The van der Waals surface area contributed by atoms with E-state index in [1.165, 1.54) is 13.2 Å². The van der Waals surface area contributed by atoms with Crippen LogP contribution < -0.4 is 15.8 Å². The normalized spacial score (nSPS) is 9.72. The molecule has 6 nitrogen and oxygen atoms in total. The number of esters is 1. The minimum atomic E-state index is -0.455. The van der Waals surface area contributed by atoms with Gasteiger partial charge in [-0.1, -0.05) is 0 Å². The van der Waals surface area contributed by atoms with Crippen LogP contribution in [0.4, 0.5) is 5.69 Å². The van der Waals surface area contributed by atoms with E-state index in [4.69, 9.17) is 15.2 Å². The quantitative estimate of drug-likeness (QED) is 0.755. The fraction of sp³-hybridized carbons (Fsp3) is 0.333. The summed E-state index contributed by atoms with van der Waals surface area (Å²) in [7, 11) is 1.47. The zero-order chi connectivity index (χ0) is 13.5. The highest BCUT2D eigenvalue weighted by Gasteiger charge is 2.12. The summed E-state index contributed by atoms with van der Waals surface area (Å²) in [5, 5.41) is 2.55. The predicted molar refractivity (Wildman–Crippen MR) is 66.6 cm³/mol. The van der Waals surface area contributed by atoms with Crippen molar-refractivity contribution in [3.05, 3.63) is 23.8 Å². The maximum absolute atomic E-state index is 11.6. The lowest BCUT2D eigenvalue weighted by Gasteiger charge is -2.11. The highest BCUT2D eigenvalue weighted by atomic mass is 16.5. The number of ether oxygens (including phenoxy) is 2. The van der Waals surface area contributed by atoms with Gasteiger partial charge in [0, 0.05) is 0 Å². The molecule has 3 N–H and O–H groups in total. The Kier molecular flexibility index (Phi) is 5.13. The van der Waals surface area contributed by atoms with Crippen molar-refractivity contribution < 1.29 is 19.1 Å². The van der Waals surface area contributed by atoms with Crippen LogP contribution in [0.5, 0.6) is 5.75 Å². The van der Waals surface area contributed by atoms with Gasteiger partial charge in [0.1, 0.15) is 5.75 Å². The molecule has 0 aliphatic carbocycles. The molecule has 1 aromatic rings. The van der Waals surface area contributed by atoms with Gasteiger partial charge < -0.3 is 20.5 Å². The van der Waals surface area contributed by atoms with Gasteiger partial charge in [0.25, 0.3) is 0 Å². The number of amides is 1. The summed E-state index contributed by atoms with van der Waals surface area (Å²) in [5.74, 6) is -0.373. The molecule has 0 aliphatic rings. The fourth-order valence-corrected chi connectivity index (χ4v) is 1.35. The molecular formula is C12H16N2O4. The van der Waals surface area contributed by atoms with Gasteiger partial charge in [-0.05, 0) is 25.1 Å². The largest absolute Gasteiger partial charge is 0.495 e. The van der Waals surface area contributed by atoms with Crippen LogP contribution in [0.1, 0.15) is 17.3 Å². The molecule has 0 atom stereocenters. The summed E-state index contributed by atoms with van der Waals surface area (Å²) in [4.78, 5) is 22.8. The first-order valence-corrected chi connectivity index (χ1v) is 5.47. The Hall–Kier alpha value is -2.08. The number of benzene rings is 1. The molecule has 0 radical (unpaired) electrons. The van der Waals surface area contributed by atoms with E-state index >= 15 is 0 Å². The van der Waals surface area contributed by atoms with Gasteiger partial charge in [-0.3, -0.25) is 4.79 Å². The summed E-state index contributed by atoms with van der Waals surface area (Å²) in [6, 6.07) is 4.64. The number of hydrogen-bond acceptors (Lipinski definition) is 5. The second kappa shape index (κ2) is 6.61. The third-order valence-electron chi connectivity index (χ3n) is 2.17. The van der Waals surface area contributed by atoms with E-state index in [-0.39, 0.29) is 19.1 Å². The zero-order valence-corrected chi connectivity index (χ0v) is 10.4. The van der Waals surface area contributed by atoms with Gasteiger partial charge in [-0.15, -0.1) is 0 Å². The molecule has 0 saturated heterocycles. The van der Waals surface area contributed by atoms with Gasteiger partial charge in [-0.25, -0.2) is 4.79 Å². The number of carbonyl (C=O) groups excluding carboxylic acids is 2. The number of anilines is 1. The molecule has 0 unspecified atom stereocenters. The lowest BCUT2D eigenvalue weighted by Crippen LogP contribution is -2.22. The SMILES string of the molecule is CCOC(=O)c1ccc(OC)c(NC(=O)CN)c1. The minimum Gasteiger partial charge on any atom is -0.495 e. The molecule has 1 amide bonds. The van der Waals surface area contributed by atoms with Crippen LogP contribution in [0.3, 0.4) is 0 Å². The summed E-state index contributed by atoms with van der Waals surface area (Å²) in [5.41, 5.74) is 5.94. The smallest absolute Gasteiger partial charge is 0.338 e. The van der Waals surface area contributed by atoms with Crippen molar-refractivity contribution in [1.82, 2.24) is 0 Å². The lowest BCUT2D eigenvalue weighted by atomic mass is 10.2. The molecule has 0 fully saturated rings. The van der Waals surface area contributed by atoms with E-state index in [0.717, 1.165) is 0 Å². The van der Waals surface area contributed by atoms with E-state index in [9.17, 15) is 9.59 Å². The third kappa shape index (κ3) is 3.46. The van der Waals surface area contributed by atoms with Gasteiger partial charge in [0.05, 0.1) is 31.5 Å². The molecule has 1 aromatic carbocycles. The van der Waals surface area contributed by atoms with Crippen LogP contribution in [0.25, 0.3) is 0 Å². The number of methoxy groups -OCH3 is 1. The predicted octanol–water partition coefficient (Wildman–Crippen LogP) is 0.769.